The number of benzene rings is 1. The minimum Gasteiger partial charge on any atom is -0.493 e. The van der Waals surface area contributed by atoms with Crippen LogP contribution >= 0.6 is 12.1 Å². The number of nitrogens with two attached hydrogens (primary N) is 1. The number of fused-ring (bicyclic) bond motifs is 1. The van der Waals surface area contributed by atoms with E-state index in [-0.39, 0.29) is 0 Å². The summed E-state index contributed by atoms with van der Waals surface area (Å²) in [5, 5.41) is 6.16. The molecule has 7 nitrogen and oxygen atoms in total. The van der Waals surface area contributed by atoms with E-state index in [1.165, 1.54) is 0 Å². The summed E-state index contributed by atoms with van der Waals surface area (Å²) in [7, 11) is 3.18. The average Bonchev–Trinajstić information content (AvgIpc) is 2.62. The van der Waals surface area contributed by atoms with Gasteiger partial charge >= 0.3 is 0 Å². The molecular formula is C16H16N4O3S. The van der Waals surface area contributed by atoms with Gasteiger partial charge in [0.25, 0.3) is 0 Å². The summed E-state index contributed by atoms with van der Waals surface area (Å²) in [5.41, 5.74) is 0.746. The Morgan fingerprint density at radius 1 is 1.00 bits per heavy atom. The maximum atomic E-state index is 5.93. The molecule has 24 heavy (non-hydrogen) atoms. The van der Waals surface area contributed by atoms with Crippen molar-refractivity contribution in [2.45, 2.75) is 0 Å². The van der Waals surface area contributed by atoms with Crippen LogP contribution in [0.15, 0.2) is 42.7 Å². The fourth-order valence-corrected chi connectivity index (χ4v) is 2.47. The number of anilines is 1. The molecule has 0 radical (unpaired) electrons. The zero-order valence-electron chi connectivity index (χ0n) is 13.1. The Labute approximate surface area is 143 Å². The predicted molar refractivity (Wildman–Crippen MR) is 94.6 cm³/mol. The average molecular weight is 344 g/mol. The minimum atomic E-state index is 0.602. The maximum absolute atomic E-state index is 5.93. The largest absolute Gasteiger partial charge is 0.493 e. The molecule has 3 rings (SSSR count). The Balaban J connectivity index is 1.96. The Hall–Kier alpha value is -2.71. The lowest BCUT2D eigenvalue weighted by Crippen LogP contribution is -1.95. The lowest BCUT2D eigenvalue weighted by atomic mass is 10.2. The smallest absolute Gasteiger partial charge is 0.162 e. The Kier molecular flexibility index (Phi) is 4.88. The van der Waals surface area contributed by atoms with Crippen molar-refractivity contribution in [1.82, 2.24) is 9.97 Å². The zero-order chi connectivity index (χ0) is 16.9. The van der Waals surface area contributed by atoms with Crippen LogP contribution in [0.4, 0.5) is 5.82 Å². The number of nitrogens with one attached hydrogen (secondary N) is 1. The first-order chi connectivity index (χ1) is 11.7. The summed E-state index contributed by atoms with van der Waals surface area (Å²) in [6, 6.07) is 9.02. The van der Waals surface area contributed by atoms with Gasteiger partial charge in [0.1, 0.15) is 17.3 Å². The van der Waals surface area contributed by atoms with Crippen LogP contribution in [0.25, 0.3) is 10.9 Å². The Bertz CT molecular complexity index is 843. The molecule has 3 N–H and O–H groups in total. The number of aromatic nitrogens is 2. The quantitative estimate of drug-likeness (QED) is 0.658. The van der Waals surface area contributed by atoms with E-state index in [9.17, 15) is 0 Å². The van der Waals surface area contributed by atoms with Crippen LogP contribution in [0.1, 0.15) is 0 Å². The van der Waals surface area contributed by atoms with Crippen LogP contribution < -0.4 is 24.1 Å². The monoisotopic (exact) mass is 344 g/mol. The van der Waals surface area contributed by atoms with Crippen molar-refractivity contribution in [2.24, 2.45) is 5.14 Å². The van der Waals surface area contributed by atoms with Crippen molar-refractivity contribution in [3.05, 3.63) is 42.7 Å². The third kappa shape index (κ3) is 3.29. The molecule has 0 saturated carbocycles. The molecule has 0 atom stereocenters. The SMILES string of the molecule is COc1cc2nccc(Oc3ccc(NSN)nc3)c2cc1OC. The van der Waals surface area contributed by atoms with Crippen molar-refractivity contribution >= 4 is 28.9 Å². The van der Waals surface area contributed by atoms with E-state index in [0.29, 0.717) is 28.8 Å². The number of hydrogen-bond acceptors (Lipinski definition) is 8. The molecule has 1 aromatic carbocycles. The van der Waals surface area contributed by atoms with Crippen LogP contribution in [0, 0.1) is 0 Å². The van der Waals surface area contributed by atoms with Crippen LogP contribution in [0.5, 0.6) is 23.0 Å². The second-order valence-electron chi connectivity index (χ2n) is 4.73. The molecule has 2 aromatic heterocycles. The fourth-order valence-electron chi connectivity index (χ4n) is 2.22. The van der Waals surface area contributed by atoms with E-state index < -0.39 is 0 Å². The van der Waals surface area contributed by atoms with Gasteiger partial charge in [0.05, 0.1) is 25.9 Å². The normalized spacial score (nSPS) is 10.5. The summed E-state index contributed by atoms with van der Waals surface area (Å²) in [5.74, 6) is 3.13. The molecule has 0 aliphatic carbocycles. The van der Waals surface area contributed by atoms with Crippen molar-refractivity contribution in [2.75, 3.05) is 18.9 Å². The molecule has 124 valence electrons. The highest BCUT2D eigenvalue weighted by Gasteiger charge is 2.11. The molecule has 0 unspecified atom stereocenters. The highest BCUT2D eigenvalue weighted by molar-refractivity contribution is 7.98. The van der Waals surface area contributed by atoms with Gasteiger partial charge in [-0.05, 0) is 24.3 Å². The highest BCUT2D eigenvalue weighted by atomic mass is 32.2. The first-order valence-electron chi connectivity index (χ1n) is 7.01. The van der Waals surface area contributed by atoms with Crippen LogP contribution in [-0.4, -0.2) is 24.2 Å². The standard InChI is InChI=1S/C16H16N4O3S/c1-21-14-7-11-12(8-15(14)22-2)18-6-5-13(11)23-10-3-4-16(19-9-10)20-24-17/h3-9H,17H2,1-2H3,(H,19,20). The molecule has 0 fully saturated rings. The van der Waals surface area contributed by atoms with Crippen molar-refractivity contribution < 1.29 is 14.2 Å². The third-order valence-corrected chi connectivity index (χ3v) is 3.66. The molecule has 0 bridgehead atoms. The highest BCUT2D eigenvalue weighted by Crippen LogP contribution is 2.36. The van der Waals surface area contributed by atoms with Crippen molar-refractivity contribution in [3.63, 3.8) is 0 Å². The second kappa shape index (κ2) is 7.24. The lowest BCUT2D eigenvalue weighted by molar-refractivity contribution is 0.355. The van der Waals surface area contributed by atoms with Gasteiger partial charge in [-0.15, -0.1) is 0 Å². The summed E-state index contributed by atoms with van der Waals surface area (Å²) < 4.78 is 19.4. The van der Waals surface area contributed by atoms with E-state index in [1.54, 1.807) is 44.8 Å². The van der Waals surface area contributed by atoms with Gasteiger partial charge in [-0.1, -0.05) is 0 Å². The lowest BCUT2D eigenvalue weighted by Gasteiger charge is -2.12. The van der Waals surface area contributed by atoms with Crippen LogP contribution in [0.3, 0.4) is 0 Å². The van der Waals surface area contributed by atoms with Gasteiger partial charge in [-0.2, -0.15) is 0 Å². The van der Waals surface area contributed by atoms with Gasteiger partial charge in [-0.3, -0.25) is 10.1 Å². The predicted octanol–water partition coefficient (Wildman–Crippen LogP) is 3.37. The van der Waals surface area contributed by atoms with Crippen molar-refractivity contribution in [3.8, 4) is 23.0 Å². The number of pyridine rings is 2. The van der Waals surface area contributed by atoms with E-state index in [4.69, 9.17) is 19.3 Å². The summed E-state index contributed by atoms with van der Waals surface area (Å²) in [4.78, 5) is 8.56. The topological polar surface area (TPSA) is 91.5 Å². The van der Waals surface area contributed by atoms with E-state index in [1.807, 2.05) is 12.1 Å². The molecule has 8 heteroatoms. The molecule has 0 saturated heterocycles. The number of ether oxygens (including phenoxy) is 3. The number of hydrogen-bond donors (Lipinski definition) is 2. The van der Waals surface area contributed by atoms with Gasteiger partial charge in [-0.25, -0.2) is 4.98 Å². The first kappa shape index (κ1) is 16.2. The fraction of sp³-hybridized carbons (Fsp3) is 0.125. The van der Waals surface area contributed by atoms with Gasteiger partial charge in [0.2, 0.25) is 0 Å². The molecule has 3 aromatic rings. The van der Waals surface area contributed by atoms with Crippen molar-refractivity contribution in [1.29, 1.82) is 0 Å². The molecule has 0 aliphatic heterocycles. The molecule has 2 heterocycles. The summed E-state index contributed by atoms with van der Waals surface area (Å²) >= 11 is 0.987. The van der Waals surface area contributed by atoms with E-state index in [2.05, 4.69) is 14.7 Å². The summed E-state index contributed by atoms with van der Waals surface area (Å²) in [6.07, 6.45) is 3.30. The molecule has 0 spiro atoms. The Morgan fingerprint density at radius 2 is 1.79 bits per heavy atom. The van der Waals surface area contributed by atoms with Gasteiger partial charge < -0.3 is 18.9 Å². The number of nitrogens with zero attached hydrogens (tertiary/aromatic N) is 2. The minimum absolute atomic E-state index is 0.602. The maximum Gasteiger partial charge on any atom is 0.162 e. The number of methoxy groups -OCH3 is 2. The molecular weight excluding hydrogens is 328 g/mol. The Morgan fingerprint density at radius 3 is 2.46 bits per heavy atom. The van der Waals surface area contributed by atoms with Crippen LogP contribution in [-0.2, 0) is 0 Å². The first-order valence-corrected chi connectivity index (χ1v) is 7.89. The van der Waals surface area contributed by atoms with Gasteiger partial charge in [0, 0.05) is 29.8 Å². The number of rotatable bonds is 6. The van der Waals surface area contributed by atoms with Crippen LogP contribution in [0.2, 0.25) is 0 Å². The summed E-state index contributed by atoms with van der Waals surface area (Å²) in [6.45, 7) is 0. The van der Waals surface area contributed by atoms with Gasteiger partial charge in [0.15, 0.2) is 11.5 Å². The van der Waals surface area contributed by atoms with E-state index >= 15 is 0 Å². The van der Waals surface area contributed by atoms with E-state index in [0.717, 1.165) is 23.0 Å². The second-order valence-corrected chi connectivity index (χ2v) is 5.17. The third-order valence-electron chi connectivity index (χ3n) is 3.33. The molecule has 0 amide bonds. The zero-order valence-corrected chi connectivity index (χ0v) is 14.0. The molecule has 0 aliphatic rings.